The van der Waals surface area contributed by atoms with Crippen LogP contribution in [0, 0.1) is 0 Å². The quantitative estimate of drug-likeness (QED) is 0.636. The third-order valence-corrected chi connectivity index (χ3v) is 4.98. The molecule has 28 heavy (non-hydrogen) atoms. The molecule has 0 amide bonds. The fraction of sp³-hybridized carbons (Fsp3) is 0.286. The van der Waals surface area contributed by atoms with Crippen molar-refractivity contribution in [2.45, 2.75) is 31.7 Å². The predicted octanol–water partition coefficient (Wildman–Crippen LogP) is 3.09. The number of hydrogen-bond acceptors (Lipinski definition) is 7. The highest BCUT2D eigenvalue weighted by Crippen LogP contribution is 2.49. The summed E-state index contributed by atoms with van der Waals surface area (Å²) in [6.07, 6.45) is -0.211. The van der Waals surface area contributed by atoms with E-state index in [0.29, 0.717) is 16.9 Å². The molecule has 1 aliphatic heterocycles. The Hall–Kier alpha value is -3.03. The number of ether oxygens (including phenoxy) is 2. The molecule has 2 aromatic carbocycles. The average Bonchev–Trinajstić information content (AvgIpc) is 3.02. The molecular weight excluding hydrogens is 364 g/mol. The first kappa shape index (κ1) is 18.3. The molecule has 146 valence electrons. The van der Waals surface area contributed by atoms with E-state index < -0.39 is 23.2 Å². The van der Waals surface area contributed by atoms with Gasteiger partial charge in [-0.05, 0) is 31.5 Å². The van der Waals surface area contributed by atoms with Gasteiger partial charge in [0.15, 0.2) is 6.10 Å². The molecule has 3 N–H and O–H groups in total. The molecule has 0 saturated heterocycles. The first-order chi connectivity index (χ1) is 13.2. The summed E-state index contributed by atoms with van der Waals surface area (Å²) in [7, 11) is 1.45. The van der Waals surface area contributed by atoms with E-state index in [-0.39, 0.29) is 28.0 Å². The Labute approximate surface area is 160 Å². The van der Waals surface area contributed by atoms with Gasteiger partial charge in [-0.25, -0.2) is 0 Å². The summed E-state index contributed by atoms with van der Waals surface area (Å²) < 4.78 is 16.9. The molecule has 2 atom stereocenters. The summed E-state index contributed by atoms with van der Waals surface area (Å²) >= 11 is 0. The molecule has 0 saturated carbocycles. The van der Waals surface area contributed by atoms with Gasteiger partial charge in [0.1, 0.15) is 40.6 Å². The fourth-order valence-corrected chi connectivity index (χ4v) is 3.58. The van der Waals surface area contributed by atoms with Crippen molar-refractivity contribution in [3.63, 3.8) is 0 Å². The van der Waals surface area contributed by atoms with Crippen LogP contribution in [-0.2, 0) is 4.74 Å². The molecule has 0 fully saturated rings. The molecule has 0 aliphatic carbocycles. The molecule has 0 spiro atoms. The van der Waals surface area contributed by atoms with Crippen LogP contribution in [0.25, 0.3) is 22.1 Å². The Bertz CT molecular complexity index is 1110. The Kier molecular flexibility index (Phi) is 4.10. The Balaban J connectivity index is 1.94. The fourth-order valence-electron chi connectivity index (χ4n) is 3.58. The zero-order chi connectivity index (χ0) is 20.2. The van der Waals surface area contributed by atoms with E-state index in [0.717, 1.165) is 0 Å². The molecule has 7 heteroatoms. The monoisotopic (exact) mass is 384 g/mol. The van der Waals surface area contributed by atoms with E-state index in [2.05, 4.69) is 0 Å². The van der Waals surface area contributed by atoms with Gasteiger partial charge in [0, 0.05) is 13.2 Å². The third-order valence-electron chi connectivity index (χ3n) is 4.98. The first-order valence-corrected chi connectivity index (χ1v) is 8.75. The lowest BCUT2D eigenvalue weighted by molar-refractivity contribution is -0.0884. The van der Waals surface area contributed by atoms with E-state index in [1.807, 2.05) is 0 Å². The molecular formula is C21H20O7. The number of benzene rings is 2. The Morgan fingerprint density at radius 2 is 1.82 bits per heavy atom. The van der Waals surface area contributed by atoms with E-state index in [1.165, 1.54) is 31.6 Å². The van der Waals surface area contributed by atoms with Crippen molar-refractivity contribution in [1.29, 1.82) is 0 Å². The zero-order valence-corrected chi connectivity index (χ0v) is 15.6. The maximum Gasteiger partial charge on any atom is 0.204 e. The van der Waals surface area contributed by atoms with Crippen molar-refractivity contribution >= 4 is 11.0 Å². The number of rotatable bonds is 3. The maximum absolute atomic E-state index is 13.1. The number of aromatic hydroxyl groups is 2. The number of fused-ring (bicyclic) bond motifs is 2. The zero-order valence-electron chi connectivity index (χ0n) is 15.6. The number of methoxy groups -OCH3 is 1. The van der Waals surface area contributed by atoms with Crippen molar-refractivity contribution in [3.8, 4) is 28.4 Å². The van der Waals surface area contributed by atoms with E-state index >= 15 is 0 Å². The van der Waals surface area contributed by atoms with E-state index in [1.54, 1.807) is 26.0 Å². The second kappa shape index (κ2) is 6.25. The second-order valence-corrected chi connectivity index (χ2v) is 7.38. The van der Waals surface area contributed by atoms with Crippen molar-refractivity contribution < 1.29 is 29.2 Å². The molecule has 1 aliphatic rings. The maximum atomic E-state index is 13.1. The van der Waals surface area contributed by atoms with Gasteiger partial charge in [0.2, 0.25) is 5.43 Å². The lowest BCUT2D eigenvalue weighted by Gasteiger charge is -2.28. The van der Waals surface area contributed by atoms with Crippen molar-refractivity contribution in [3.05, 3.63) is 52.4 Å². The summed E-state index contributed by atoms with van der Waals surface area (Å²) in [6.45, 7) is 3.16. The van der Waals surface area contributed by atoms with Crippen molar-refractivity contribution in [1.82, 2.24) is 0 Å². The minimum Gasteiger partial charge on any atom is -0.508 e. The summed E-state index contributed by atoms with van der Waals surface area (Å²) in [5.74, 6) is 0.0809. The molecule has 7 nitrogen and oxygen atoms in total. The van der Waals surface area contributed by atoms with Crippen LogP contribution in [0.15, 0.2) is 45.8 Å². The van der Waals surface area contributed by atoms with Gasteiger partial charge in [0.05, 0.1) is 16.7 Å². The van der Waals surface area contributed by atoms with Crippen LogP contribution in [0.4, 0.5) is 0 Å². The summed E-state index contributed by atoms with van der Waals surface area (Å²) in [4.78, 5) is 13.1. The van der Waals surface area contributed by atoms with Crippen LogP contribution >= 0.6 is 0 Å². The molecule has 0 radical (unpaired) electrons. The second-order valence-electron chi connectivity index (χ2n) is 7.38. The molecule has 2 heterocycles. The van der Waals surface area contributed by atoms with Crippen LogP contribution in [0.5, 0.6) is 17.2 Å². The van der Waals surface area contributed by atoms with Crippen LogP contribution in [0.2, 0.25) is 0 Å². The summed E-state index contributed by atoms with van der Waals surface area (Å²) in [6, 6.07) is 7.62. The van der Waals surface area contributed by atoms with E-state index in [4.69, 9.17) is 13.9 Å². The smallest absolute Gasteiger partial charge is 0.204 e. The molecule has 4 rings (SSSR count). The van der Waals surface area contributed by atoms with Crippen LogP contribution < -0.4 is 10.2 Å². The van der Waals surface area contributed by atoms with Gasteiger partial charge in [-0.1, -0.05) is 12.1 Å². The van der Waals surface area contributed by atoms with Crippen molar-refractivity contribution in [2.24, 2.45) is 0 Å². The van der Waals surface area contributed by atoms with Gasteiger partial charge in [-0.3, -0.25) is 4.79 Å². The minimum absolute atomic E-state index is 0.00590. The molecule has 3 aromatic rings. The number of hydrogen-bond donors (Lipinski definition) is 3. The highest BCUT2D eigenvalue weighted by atomic mass is 16.6. The van der Waals surface area contributed by atoms with Gasteiger partial charge in [-0.2, -0.15) is 0 Å². The molecule has 0 unspecified atom stereocenters. The largest absolute Gasteiger partial charge is 0.508 e. The molecule has 1 aromatic heterocycles. The van der Waals surface area contributed by atoms with E-state index in [9.17, 15) is 20.1 Å². The highest BCUT2D eigenvalue weighted by molar-refractivity contribution is 5.90. The first-order valence-electron chi connectivity index (χ1n) is 8.75. The standard InChI is InChI=1S/C21H20O7/c1-21(2,25)20-19(26-3)16-14(28-20)8-13-15(18(16)24)17(23)12(9-27-13)10-4-6-11(22)7-5-10/h4-9,19-20,22,24-25H,1-3H3/t19-,20-/m0/s1. The summed E-state index contributed by atoms with van der Waals surface area (Å²) in [5.41, 5.74) is -0.412. The predicted molar refractivity (Wildman–Crippen MR) is 102 cm³/mol. The Morgan fingerprint density at radius 1 is 1.14 bits per heavy atom. The normalized spacial score (nSPS) is 18.9. The van der Waals surface area contributed by atoms with Crippen LogP contribution in [-0.4, -0.2) is 34.1 Å². The lowest BCUT2D eigenvalue weighted by atomic mass is 9.93. The van der Waals surface area contributed by atoms with Crippen LogP contribution in [0.3, 0.4) is 0 Å². The van der Waals surface area contributed by atoms with Gasteiger partial charge >= 0.3 is 0 Å². The number of aliphatic hydroxyl groups is 1. The van der Waals surface area contributed by atoms with Crippen molar-refractivity contribution in [2.75, 3.05) is 7.11 Å². The summed E-state index contributed by atoms with van der Waals surface area (Å²) in [5, 5.41) is 30.8. The third kappa shape index (κ3) is 2.71. The number of phenolic OH excluding ortho intramolecular Hbond substituents is 2. The minimum atomic E-state index is -1.24. The number of phenols is 2. The van der Waals surface area contributed by atoms with Gasteiger partial charge in [-0.15, -0.1) is 0 Å². The topological polar surface area (TPSA) is 109 Å². The SMILES string of the molecule is CO[C@H]1c2c(cc3occ(-c4ccc(O)cc4)c(=O)c3c2O)O[C@@H]1C(C)(C)O. The lowest BCUT2D eigenvalue weighted by Crippen LogP contribution is -2.42. The molecule has 0 bridgehead atoms. The van der Waals surface area contributed by atoms with Gasteiger partial charge < -0.3 is 29.2 Å². The Morgan fingerprint density at radius 3 is 2.43 bits per heavy atom. The highest BCUT2D eigenvalue weighted by Gasteiger charge is 2.46. The van der Waals surface area contributed by atoms with Crippen LogP contribution in [0.1, 0.15) is 25.5 Å². The average molecular weight is 384 g/mol. The van der Waals surface area contributed by atoms with Gasteiger partial charge in [0.25, 0.3) is 0 Å².